The highest BCUT2D eigenvalue weighted by molar-refractivity contribution is 7.80. The Morgan fingerprint density at radius 3 is 2.92 bits per heavy atom. The molecule has 0 unspecified atom stereocenters. The molecular weight excluding hydrogens is 328 g/mol. The van der Waals surface area contributed by atoms with Gasteiger partial charge in [-0.1, -0.05) is 6.92 Å². The van der Waals surface area contributed by atoms with Gasteiger partial charge in [-0.2, -0.15) is 5.26 Å². The monoisotopic (exact) mass is 350 g/mol. The van der Waals surface area contributed by atoms with Gasteiger partial charge in [-0.3, -0.25) is 4.79 Å². The van der Waals surface area contributed by atoms with Crippen molar-refractivity contribution in [3.8, 4) is 6.07 Å². The van der Waals surface area contributed by atoms with Gasteiger partial charge in [0.2, 0.25) is 0 Å². The number of rotatable bonds is 9. The van der Waals surface area contributed by atoms with Crippen molar-refractivity contribution in [3.05, 3.63) is 12.5 Å². The van der Waals surface area contributed by atoms with Crippen LogP contribution in [-0.2, 0) is 9.53 Å². The number of nitriles is 1. The summed E-state index contributed by atoms with van der Waals surface area (Å²) < 4.78 is 4.83. The summed E-state index contributed by atoms with van der Waals surface area (Å²) in [5.74, 6) is 0.287. The molecule has 1 aromatic rings. The first-order chi connectivity index (χ1) is 11.6. The van der Waals surface area contributed by atoms with E-state index >= 15 is 0 Å². The lowest BCUT2D eigenvalue weighted by molar-refractivity contribution is -0.141. The minimum Gasteiger partial charge on any atom is -0.465 e. The average Bonchev–Trinajstić information content (AvgIpc) is 2.58. The molecule has 0 aliphatic carbocycles. The number of ether oxygens (including phenoxy) is 1. The first kappa shape index (κ1) is 19.6. The standard InChI is InChI=1S/C15H22N6O2S/c1-3-7-21(8-5-6-16)14-12(9-17-11-19-14)20-15(24)18-10-13(22)23-4-2/h9,11H,3-5,7-8,10H2,1-2H3,(H2,18,20,24). The van der Waals surface area contributed by atoms with Crippen LogP contribution < -0.4 is 15.5 Å². The van der Waals surface area contributed by atoms with E-state index in [0.717, 1.165) is 13.0 Å². The second kappa shape index (κ2) is 11.1. The van der Waals surface area contributed by atoms with Gasteiger partial charge in [0.05, 0.1) is 25.3 Å². The van der Waals surface area contributed by atoms with Gasteiger partial charge >= 0.3 is 5.97 Å². The van der Waals surface area contributed by atoms with Crippen LogP contribution in [0.2, 0.25) is 0 Å². The molecule has 8 nitrogen and oxygen atoms in total. The number of aromatic nitrogens is 2. The molecule has 0 aliphatic rings. The maximum absolute atomic E-state index is 11.3. The summed E-state index contributed by atoms with van der Waals surface area (Å²) in [5.41, 5.74) is 0.616. The second-order valence-electron chi connectivity index (χ2n) is 4.77. The van der Waals surface area contributed by atoms with Crippen LogP contribution in [0.1, 0.15) is 26.7 Å². The number of esters is 1. The van der Waals surface area contributed by atoms with E-state index in [1.807, 2.05) is 4.90 Å². The van der Waals surface area contributed by atoms with Gasteiger partial charge in [0, 0.05) is 13.1 Å². The number of hydrogen-bond acceptors (Lipinski definition) is 7. The minimum atomic E-state index is -0.382. The molecule has 1 aromatic heterocycles. The largest absolute Gasteiger partial charge is 0.465 e. The van der Waals surface area contributed by atoms with E-state index in [1.54, 1.807) is 13.1 Å². The van der Waals surface area contributed by atoms with Gasteiger partial charge in [0.15, 0.2) is 10.9 Å². The number of carbonyl (C=O) groups excluding carboxylic acids is 1. The first-order valence-electron chi connectivity index (χ1n) is 7.74. The smallest absolute Gasteiger partial charge is 0.325 e. The first-order valence-corrected chi connectivity index (χ1v) is 8.15. The fourth-order valence-corrected chi connectivity index (χ4v) is 2.15. The summed E-state index contributed by atoms with van der Waals surface area (Å²) in [6.07, 6.45) is 4.37. The van der Waals surface area contributed by atoms with Crippen LogP contribution in [0.15, 0.2) is 12.5 Å². The summed E-state index contributed by atoms with van der Waals surface area (Å²) in [5, 5.41) is 14.8. The summed E-state index contributed by atoms with van der Waals surface area (Å²) >= 11 is 5.18. The van der Waals surface area contributed by atoms with Crippen LogP contribution in [0, 0.1) is 11.3 Å². The number of anilines is 2. The van der Waals surface area contributed by atoms with Crippen molar-refractivity contribution < 1.29 is 9.53 Å². The van der Waals surface area contributed by atoms with Crippen molar-refractivity contribution in [3.63, 3.8) is 0 Å². The van der Waals surface area contributed by atoms with E-state index in [1.165, 1.54) is 6.33 Å². The zero-order valence-electron chi connectivity index (χ0n) is 13.9. The number of carbonyl (C=O) groups is 1. The average molecular weight is 350 g/mol. The van der Waals surface area contributed by atoms with E-state index in [9.17, 15) is 4.79 Å². The normalized spacial score (nSPS) is 9.71. The van der Waals surface area contributed by atoms with Gasteiger partial charge in [-0.25, -0.2) is 9.97 Å². The molecule has 24 heavy (non-hydrogen) atoms. The van der Waals surface area contributed by atoms with Crippen LogP contribution in [0.5, 0.6) is 0 Å². The molecule has 0 aliphatic heterocycles. The lowest BCUT2D eigenvalue weighted by Gasteiger charge is -2.24. The van der Waals surface area contributed by atoms with Crippen LogP contribution in [0.25, 0.3) is 0 Å². The molecule has 0 bridgehead atoms. The Kier molecular flexibility index (Phi) is 9.07. The molecule has 0 atom stereocenters. The molecule has 0 aromatic carbocycles. The quantitative estimate of drug-likeness (QED) is 0.506. The van der Waals surface area contributed by atoms with Crippen molar-refractivity contribution in [2.75, 3.05) is 36.5 Å². The predicted octanol–water partition coefficient (Wildman–Crippen LogP) is 1.46. The molecule has 0 spiro atoms. The third kappa shape index (κ3) is 6.75. The minimum absolute atomic E-state index is 0.0181. The summed E-state index contributed by atoms with van der Waals surface area (Å²) in [4.78, 5) is 21.6. The number of nitrogens with one attached hydrogen (secondary N) is 2. The van der Waals surface area contributed by atoms with Crippen molar-refractivity contribution in [2.45, 2.75) is 26.7 Å². The third-order valence-electron chi connectivity index (χ3n) is 2.92. The van der Waals surface area contributed by atoms with E-state index in [-0.39, 0.29) is 17.6 Å². The number of hydrogen-bond donors (Lipinski definition) is 2. The SMILES string of the molecule is CCCN(CCC#N)c1ncncc1NC(=S)NCC(=O)OCC. The molecule has 2 N–H and O–H groups in total. The van der Waals surface area contributed by atoms with Crippen LogP contribution in [0.4, 0.5) is 11.5 Å². The number of thiocarbonyl (C=S) groups is 1. The molecule has 1 rings (SSSR count). The van der Waals surface area contributed by atoms with E-state index in [2.05, 4.69) is 33.6 Å². The van der Waals surface area contributed by atoms with Crippen molar-refractivity contribution in [1.82, 2.24) is 15.3 Å². The van der Waals surface area contributed by atoms with Crippen molar-refractivity contribution >= 4 is 34.8 Å². The zero-order valence-corrected chi connectivity index (χ0v) is 14.7. The molecule has 9 heteroatoms. The molecule has 0 saturated heterocycles. The van der Waals surface area contributed by atoms with E-state index in [0.29, 0.717) is 31.1 Å². The summed E-state index contributed by atoms with van der Waals surface area (Å²) in [6, 6.07) is 2.14. The van der Waals surface area contributed by atoms with Gasteiger partial charge in [-0.15, -0.1) is 0 Å². The van der Waals surface area contributed by atoms with Crippen molar-refractivity contribution in [1.29, 1.82) is 5.26 Å². The molecule has 0 saturated carbocycles. The Labute approximate surface area is 147 Å². The predicted molar refractivity (Wildman–Crippen MR) is 95.6 cm³/mol. The number of nitrogens with zero attached hydrogens (tertiary/aromatic N) is 4. The highest BCUT2D eigenvalue weighted by atomic mass is 32.1. The van der Waals surface area contributed by atoms with Gasteiger partial charge in [0.25, 0.3) is 0 Å². The Balaban J connectivity index is 2.75. The summed E-state index contributed by atoms with van der Waals surface area (Å²) in [6.45, 7) is 5.43. The highest BCUT2D eigenvalue weighted by Gasteiger charge is 2.13. The molecule has 0 amide bonds. The molecule has 130 valence electrons. The molecular formula is C15H22N6O2S. The fraction of sp³-hybridized carbons (Fsp3) is 0.533. The second-order valence-corrected chi connectivity index (χ2v) is 5.18. The topological polar surface area (TPSA) is 103 Å². The molecule has 0 radical (unpaired) electrons. The summed E-state index contributed by atoms with van der Waals surface area (Å²) in [7, 11) is 0. The van der Waals surface area contributed by atoms with Gasteiger partial charge in [-0.05, 0) is 25.6 Å². The van der Waals surface area contributed by atoms with E-state index in [4.69, 9.17) is 22.2 Å². The highest BCUT2D eigenvalue weighted by Crippen LogP contribution is 2.22. The third-order valence-corrected chi connectivity index (χ3v) is 3.17. The molecule has 0 fully saturated rings. The van der Waals surface area contributed by atoms with Crippen LogP contribution >= 0.6 is 12.2 Å². The van der Waals surface area contributed by atoms with Gasteiger partial charge in [0.1, 0.15) is 18.6 Å². The Morgan fingerprint density at radius 1 is 1.46 bits per heavy atom. The van der Waals surface area contributed by atoms with E-state index < -0.39 is 0 Å². The Bertz CT molecular complexity index is 590. The van der Waals surface area contributed by atoms with Gasteiger partial charge < -0.3 is 20.3 Å². The zero-order chi connectivity index (χ0) is 17.8. The lowest BCUT2D eigenvalue weighted by Crippen LogP contribution is -2.35. The maximum Gasteiger partial charge on any atom is 0.325 e. The molecule has 1 heterocycles. The van der Waals surface area contributed by atoms with Crippen LogP contribution in [0.3, 0.4) is 0 Å². The lowest BCUT2D eigenvalue weighted by atomic mass is 10.3. The van der Waals surface area contributed by atoms with Crippen molar-refractivity contribution in [2.24, 2.45) is 0 Å². The van der Waals surface area contributed by atoms with Crippen LogP contribution in [-0.4, -0.2) is 47.3 Å². The maximum atomic E-state index is 11.3. The fourth-order valence-electron chi connectivity index (χ4n) is 1.97. The Hall–Kier alpha value is -2.47. The Morgan fingerprint density at radius 2 is 2.25 bits per heavy atom.